The van der Waals surface area contributed by atoms with Crippen LogP contribution in [0.15, 0.2) is 0 Å². The number of Topliss-reactive ketones (excluding diaryl/α,β-unsaturated/α-hetero) is 1. The van der Waals surface area contributed by atoms with Gasteiger partial charge in [0.1, 0.15) is 18.5 Å². The summed E-state index contributed by atoms with van der Waals surface area (Å²) in [6, 6.07) is 0. The maximum Gasteiger partial charge on any atom is 0.303 e. The highest BCUT2D eigenvalue weighted by Crippen LogP contribution is 2.31. The van der Waals surface area contributed by atoms with Crippen molar-refractivity contribution < 1.29 is 53.1 Å². The molecule has 0 bridgehead atoms. The zero-order valence-corrected chi connectivity index (χ0v) is 16.1. The van der Waals surface area contributed by atoms with Crippen LogP contribution in [0.1, 0.15) is 59.3 Å². The molecule has 0 saturated carbocycles. The molecule has 0 aromatic heterocycles. The predicted molar refractivity (Wildman–Crippen MR) is 96.5 cm³/mol. The van der Waals surface area contributed by atoms with E-state index < -0.39 is 88.6 Å². The first kappa shape index (κ1) is 18.5. The van der Waals surface area contributed by atoms with Crippen LogP contribution in [0.25, 0.3) is 0 Å². The van der Waals surface area contributed by atoms with E-state index in [2.05, 4.69) is 0 Å². The first-order chi connectivity index (χ1) is 15.7. The third kappa shape index (κ3) is 8.59. The molecule has 1 saturated heterocycles. The van der Waals surface area contributed by atoms with Gasteiger partial charge in [-0.1, -0.05) is 0 Å². The van der Waals surface area contributed by atoms with Crippen LogP contribution in [-0.4, -0.2) is 66.8 Å². The number of ether oxygens (including phenoxy) is 5. The highest BCUT2D eigenvalue weighted by atomic mass is 16.7. The molecule has 5 atom stereocenters. The van der Waals surface area contributed by atoms with Gasteiger partial charge in [-0.15, -0.1) is 0 Å². The monoisotopic (exact) mass is 420 g/mol. The molecule has 0 aromatic carbocycles. The Hall–Kier alpha value is -2.49. The highest BCUT2D eigenvalue weighted by Gasteiger charge is 2.51. The van der Waals surface area contributed by atoms with Crippen molar-refractivity contribution in [2.24, 2.45) is 0 Å². The van der Waals surface area contributed by atoms with Gasteiger partial charge in [0.05, 0.1) is 6.10 Å². The number of esters is 4. The van der Waals surface area contributed by atoms with E-state index in [1.54, 1.807) is 0 Å². The molecule has 0 aromatic rings. The number of carbonyl (C=O) groups excluding carboxylic acids is 5. The molecule has 1 aliphatic rings. The molecule has 1 fully saturated rings. The molecule has 0 amide bonds. The molecular formula is C19H28O10. The maximum atomic E-state index is 12.0. The van der Waals surface area contributed by atoms with Crippen molar-refractivity contribution in [1.82, 2.24) is 0 Å². The molecular weight excluding hydrogens is 388 g/mol. The predicted octanol–water partition coefficient (Wildman–Crippen LogP) is 0.871. The van der Waals surface area contributed by atoms with Crippen molar-refractivity contribution >= 4 is 29.7 Å². The van der Waals surface area contributed by atoms with Crippen LogP contribution >= 0.6 is 0 Å². The number of rotatable bonds is 9. The molecule has 0 spiro atoms. The molecule has 1 unspecified atom stereocenters. The third-order valence-electron chi connectivity index (χ3n) is 3.96. The summed E-state index contributed by atoms with van der Waals surface area (Å²) >= 11 is 0. The van der Waals surface area contributed by atoms with Gasteiger partial charge in [0.25, 0.3) is 0 Å². The van der Waals surface area contributed by atoms with E-state index in [1.165, 1.54) is 6.92 Å². The fraction of sp³-hybridized carbons (Fsp3) is 0.737. The van der Waals surface area contributed by atoms with Crippen LogP contribution in [-0.2, 0) is 47.7 Å². The number of hydrogen-bond donors (Lipinski definition) is 0. The minimum Gasteiger partial charge on any atom is -0.463 e. The van der Waals surface area contributed by atoms with Crippen LogP contribution in [0, 0.1) is 0 Å². The Morgan fingerprint density at radius 3 is 1.83 bits per heavy atom. The maximum absolute atomic E-state index is 12.0. The summed E-state index contributed by atoms with van der Waals surface area (Å²) in [4.78, 5) is 58.5. The molecule has 164 valence electrons. The molecule has 0 N–H and O–H groups in total. The van der Waals surface area contributed by atoms with Crippen molar-refractivity contribution in [2.45, 2.75) is 84.3 Å². The van der Waals surface area contributed by atoms with E-state index in [4.69, 9.17) is 29.2 Å². The van der Waals surface area contributed by atoms with E-state index in [0.717, 1.165) is 0 Å². The molecule has 29 heavy (non-hydrogen) atoms. The normalized spacial score (nSPS) is 28.0. The Morgan fingerprint density at radius 1 is 0.793 bits per heavy atom. The van der Waals surface area contributed by atoms with E-state index >= 15 is 0 Å². The van der Waals surface area contributed by atoms with Gasteiger partial charge in [-0.2, -0.15) is 0 Å². The Bertz CT molecular complexity index is 704. The lowest BCUT2D eigenvalue weighted by atomic mass is 9.91. The van der Waals surface area contributed by atoms with Crippen molar-refractivity contribution in [3.05, 3.63) is 0 Å². The standard InChI is InChI=1S/C19H28O10/c1-10(20)7-6-8-15-17(26-12(3)22)19(28-14(5)24)18(27-13(4)23)16(29-15)9-25-11(2)21/h15-19H,6-9H2,1-5H3/t15?,16-,17+,18-,19-/m1/s1/i2D,3D,4D,5D. The Labute approximate surface area is 174 Å². The van der Waals surface area contributed by atoms with Gasteiger partial charge in [-0.05, 0) is 19.8 Å². The highest BCUT2D eigenvalue weighted by molar-refractivity contribution is 5.75. The summed E-state index contributed by atoms with van der Waals surface area (Å²) in [5.74, 6) is -4.07. The lowest BCUT2D eigenvalue weighted by molar-refractivity contribution is -0.253. The summed E-state index contributed by atoms with van der Waals surface area (Å²) in [5.41, 5.74) is 0. The Kier molecular flexibility index (Phi) is 7.35. The average Bonchev–Trinajstić information content (AvgIpc) is 2.79. The zero-order chi connectivity index (χ0) is 25.0. The van der Waals surface area contributed by atoms with Crippen molar-refractivity contribution in [1.29, 1.82) is 0 Å². The van der Waals surface area contributed by atoms with Crippen molar-refractivity contribution in [3.8, 4) is 0 Å². The minimum absolute atomic E-state index is 0.106. The molecule has 1 aliphatic heterocycles. The second kappa shape index (κ2) is 11.5. The second-order valence-corrected chi connectivity index (χ2v) is 6.35. The van der Waals surface area contributed by atoms with E-state index in [9.17, 15) is 24.0 Å². The first-order valence-electron chi connectivity index (χ1n) is 11.6. The number of hydrogen-bond acceptors (Lipinski definition) is 10. The van der Waals surface area contributed by atoms with E-state index in [1.807, 2.05) is 0 Å². The van der Waals surface area contributed by atoms with Crippen LogP contribution < -0.4 is 0 Å². The largest absolute Gasteiger partial charge is 0.463 e. The molecule has 10 nitrogen and oxygen atoms in total. The molecule has 0 aliphatic carbocycles. The SMILES string of the molecule is [2H]CC(=O)OC[C@H]1OC(CCCC(C)=O)[C@H](OC(=O)C[2H])[C@@H](OC(=O)C[2H])[C@@H]1OC(=O)C[2H]. The lowest BCUT2D eigenvalue weighted by Gasteiger charge is -2.44. The topological polar surface area (TPSA) is 132 Å². The third-order valence-corrected chi connectivity index (χ3v) is 3.96. The second-order valence-electron chi connectivity index (χ2n) is 6.35. The van der Waals surface area contributed by atoms with Crippen molar-refractivity contribution in [3.63, 3.8) is 0 Å². The summed E-state index contributed by atoms with van der Waals surface area (Å²) in [6.45, 7) is -2.18. The number of carbonyl (C=O) groups is 5. The van der Waals surface area contributed by atoms with Crippen LogP contribution in [0.5, 0.6) is 0 Å². The van der Waals surface area contributed by atoms with Gasteiger partial charge in [0.2, 0.25) is 0 Å². The van der Waals surface area contributed by atoms with Crippen LogP contribution in [0.4, 0.5) is 0 Å². The molecule has 1 heterocycles. The fourth-order valence-corrected chi connectivity index (χ4v) is 2.96. The Balaban J connectivity index is 3.34. The molecule has 1 rings (SSSR count). The zero-order valence-electron chi connectivity index (χ0n) is 20.1. The van der Waals surface area contributed by atoms with Crippen LogP contribution in [0.3, 0.4) is 0 Å². The van der Waals surface area contributed by atoms with Gasteiger partial charge in [0.15, 0.2) is 18.3 Å². The molecule has 0 radical (unpaired) electrons. The fourth-order valence-electron chi connectivity index (χ4n) is 2.96. The summed E-state index contributed by atoms with van der Waals surface area (Å²) < 4.78 is 55.2. The first-order valence-corrected chi connectivity index (χ1v) is 8.72. The Morgan fingerprint density at radius 2 is 1.31 bits per heavy atom. The van der Waals surface area contributed by atoms with E-state index in [-0.39, 0.29) is 18.6 Å². The number of ketones is 1. The van der Waals surface area contributed by atoms with Crippen molar-refractivity contribution in [2.75, 3.05) is 6.61 Å². The summed E-state index contributed by atoms with van der Waals surface area (Å²) in [5, 5.41) is 0. The average molecular weight is 420 g/mol. The minimum atomic E-state index is -1.50. The summed E-state index contributed by atoms with van der Waals surface area (Å²) in [6.07, 6.45) is -5.98. The smallest absolute Gasteiger partial charge is 0.303 e. The summed E-state index contributed by atoms with van der Waals surface area (Å²) in [7, 11) is 0. The quantitative estimate of drug-likeness (QED) is 0.391. The van der Waals surface area contributed by atoms with Crippen LogP contribution in [0.2, 0.25) is 0 Å². The van der Waals surface area contributed by atoms with Gasteiger partial charge < -0.3 is 28.5 Å². The van der Waals surface area contributed by atoms with E-state index in [0.29, 0.717) is 6.42 Å². The van der Waals surface area contributed by atoms with Gasteiger partial charge in [0, 0.05) is 39.5 Å². The van der Waals surface area contributed by atoms with Gasteiger partial charge in [-0.25, -0.2) is 0 Å². The van der Waals surface area contributed by atoms with Gasteiger partial charge in [-0.3, -0.25) is 19.2 Å². The molecule has 10 heteroatoms. The lowest BCUT2D eigenvalue weighted by Crippen LogP contribution is -2.62. The van der Waals surface area contributed by atoms with Gasteiger partial charge >= 0.3 is 23.9 Å².